The molecule has 1 atom stereocenters. The molecule has 1 unspecified atom stereocenters. The van der Waals surface area contributed by atoms with Crippen molar-refractivity contribution in [3.05, 3.63) is 0 Å². The van der Waals surface area contributed by atoms with Gasteiger partial charge < -0.3 is 10.1 Å². The molecule has 0 amide bonds. The summed E-state index contributed by atoms with van der Waals surface area (Å²) in [4.78, 5) is 13.2. The standard InChI is InChI=1S/C10H20N2O2/c1-3-12(8-10(13)14-2)7-9-5-4-6-11-9/h9,11H,3-8H2,1-2H3. The fourth-order valence-corrected chi connectivity index (χ4v) is 1.78. The molecule has 14 heavy (non-hydrogen) atoms. The van der Waals surface area contributed by atoms with E-state index >= 15 is 0 Å². The van der Waals surface area contributed by atoms with Crippen molar-refractivity contribution in [2.75, 3.05) is 33.3 Å². The van der Waals surface area contributed by atoms with Gasteiger partial charge in [-0.15, -0.1) is 0 Å². The van der Waals surface area contributed by atoms with E-state index in [4.69, 9.17) is 0 Å². The van der Waals surface area contributed by atoms with Gasteiger partial charge in [-0.2, -0.15) is 0 Å². The Kier molecular flexibility index (Phi) is 4.90. The summed E-state index contributed by atoms with van der Waals surface area (Å²) in [5.41, 5.74) is 0. The largest absolute Gasteiger partial charge is 0.468 e. The van der Waals surface area contributed by atoms with Gasteiger partial charge >= 0.3 is 5.97 Å². The summed E-state index contributed by atoms with van der Waals surface area (Å²) in [6.07, 6.45) is 2.47. The molecule has 0 aliphatic carbocycles. The van der Waals surface area contributed by atoms with Gasteiger partial charge in [-0.1, -0.05) is 6.92 Å². The molecule has 4 nitrogen and oxygen atoms in total. The van der Waals surface area contributed by atoms with Crippen LogP contribution < -0.4 is 5.32 Å². The lowest BCUT2D eigenvalue weighted by Crippen LogP contribution is -2.40. The molecule has 0 saturated carbocycles. The first-order valence-corrected chi connectivity index (χ1v) is 5.28. The van der Waals surface area contributed by atoms with Crippen molar-refractivity contribution >= 4 is 5.97 Å². The summed E-state index contributed by atoms with van der Waals surface area (Å²) in [5, 5.41) is 3.42. The van der Waals surface area contributed by atoms with Crippen LogP contribution in [0.5, 0.6) is 0 Å². The van der Waals surface area contributed by atoms with Crippen LogP contribution in [0.25, 0.3) is 0 Å². The smallest absolute Gasteiger partial charge is 0.319 e. The van der Waals surface area contributed by atoms with Crippen LogP contribution in [-0.2, 0) is 9.53 Å². The van der Waals surface area contributed by atoms with Crippen molar-refractivity contribution in [3.8, 4) is 0 Å². The van der Waals surface area contributed by atoms with Gasteiger partial charge in [0, 0.05) is 12.6 Å². The van der Waals surface area contributed by atoms with Crippen molar-refractivity contribution in [1.29, 1.82) is 0 Å². The van der Waals surface area contributed by atoms with E-state index in [1.54, 1.807) is 0 Å². The minimum atomic E-state index is -0.148. The van der Waals surface area contributed by atoms with Gasteiger partial charge in [0.1, 0.15) is 0 Å². The van der Waals surface area contributed by atoms with Crippen molar-refractivity contribution in [2.45, 2.75) is 25.8 Å². The van der Waals surface area contributed by atoms with Crippen LogP contribution >= 0.6 is 0 Å². The first-order chi connectivity index (χ1) is 6.76. The van der Waals surface area contributed by atoms with E-state index in [0.717, 1.165) is 19.6 Å². The number of esters is 1. The minimum Gasteiger partial charge on any atom is -0.468 e. The monoisotopic (exact) mass is 200 g/mol. The average molecular weight is 200 g/mol. The number of rotatable bonds is 5. The highest BCUT2D eigenvalue weighted by molar-refractivity contribution is 5.71. The second-order valence-electron chi connectivity index (χ2n) is 3.70. The molecule has 0 aromatic rings. The summed E-state index contributed by atoms with van der Waals surface area (Å²) < 4.78 is 4.65. The second-order valence-corrected chi connectivity index (χ2v) is 3.70. The Bertz CT molecular complexity index is 179. The Labute approximate surface area is 85.6 Å². The lowest BCUT2D eigenvalue weighted by atomic mass is 10.2. The minimum absolute atomic E-state index is 0.148. The van der Waals surface area contributed by atoms with Gasteiger partial charge in [0.25, 0.3) is 0 Å². The maximum Gasteiger partial charge on any atom is 0.319 e. The lowest BCUT2D eigenvalue weighted by molar-refractivity contribution is -0.141. The second kappa shape index (κ2) is 5.98. The highest BCUT2D eigenvalue weighted by Crippen LogP contribution is 2.06. The number of hydrogen-bond acceptors (Lipinski definition) is 4. The van der Waals surface area contributed by atoms with E-state index in [9.17, 15) is 4.79 Å². The maximum absolute atomic E-state index is 11.1. The third-order valence-corrected chi connectivity index (χ3v) is 2.67. The number of ether oxygens (including phenoxy) is 1. The molecule has 1 heterocycles. The van der Waals surface area contributed by atoms with Crippen LogP contribution in [0.4, 0.5) is 0 Å². The molecule has 1 fully saturated rings. The van der Waals surface area contributed by atoms with Crippen molar-refractivity contribution in [3.63, 3.8) is 0 Å². The van der Waals surface area contributed by atoms with E-state index in [1.165, 1.54) is 20.0 Å². The Balaban J connectivity index is 2.26. The summed E-state index contributed by atoms with van der Waals surface area (Å²) >= 11 is 0. The number of hydrogen-bond donors (Lipinski definition) is 1. The van der Waals surface area contributed by atoms with Gasteiger partial charge in [0.15, 0.2) is 0 Å². The quantitative estimate of drug-likeness (QED) is 0.645. The third kappa shape index (κ3) is 3.64. The number of methoxy groups -OCH3 is 1. The Morgan fingerprint density at radius 2 is 2.43 bits per heavy atom. The first kappa shape index (κ1) is 11.5. The molecule has 1 saturated heterocycles. The fraction of sp³-hybridized carbons (Fsp3) is 0.900. The van der Waals surface area contributed by atoms with Gasteiger partial charge in [-0.25, -0.2) is 0 Å². The molecule has 0 bridgehead atoms. The summed E-state index contributed by atoms with van der Waals surface area (Å²) in [5.74, 6) is -0.148. The van der Waals surface area contributed by atoms with E-state index in [1.807, 2.05) is 0 Å². The Hall–Kier alpha value is -0.610. The highest BCUT2D eigenvalue weighted by atomic mass is 16.5. The average Bonchev–Trinajstić information content (AvgIpc) is 2.69. The van der Waals surface area contributed by atoms with Gasteiger partial charge in [-0.3, -0.25) is 9.69 Å². The Morgan fingerprint density at radius 3 is 2.93 bits per heavy atom. The third-order valence-electron chi connectivity index (χ3n) is 2.67. The van der Waals surface area contributed by atoms with Crippen molar-refractivity contribution in [1.82, 2.24) is 10.2 Å². The lowest BCUT2D eigenvalue weighted by Gasteiger charge is -2.22. The predicted octanol–water partition coefficient (Wildman–Crippen LogP) is 0.233. The molecule has 1 N–H and O–H groups in total. The summed E-state index contributed by atoms with van der Waals surface area (Å²) in [6.45, 7) is 5.43. The summed E-state index contributed by atoms with van der Waals surface area (Å²) in [7, 11) is 1.43. The molecule has 0 radical (unpaired) electrons. The number of nitrogens with one attached hydrogen (secondary N) is 1. The maximum atomic E-state index is 11.1. The molecular weight excluding hydrogens is 180 g/mol. The molecule has 0 aromatic heterocycles. The first-order valence-electron chi connectivity index (χ1n) is 5.28. The SMILES string of the molecule is CCN(CC(=O)OC)CC1CCCN1. The van der Waals surface area contributed by atoms with Crippen LogP contribution in [-0.4, -0.2) is 50.2 Å². The molecular formula is C10H20N2O2. The predicted molar refractivity (Wildman–Crippen MR) is 55.2 cm³/mol. The summed E-state index contributed by atoms with van der Waals surface area (Å²) in [6, 6.07) is 0.555. The van der Waals surface area contributed by atoms with E-state index in [-0.39, 0.29) is 5.97 Å². The Morgan fingerprint density at radius 1 is 1.64 bits per heavy atom. The van der Waals surface area contributed by atoms with E-state index < -0.39 is 0 Å². The molecule has 0 aromatic carbocycles. The zero-order valence-electron chi connectivity index (χ0n) is 9.08. The fourth-order valence-electron chi connectivity index (χ4n) is 1.78. The normalized spacial score (nSPS) is 21.5. The molecule has 1 aliphatic heterocycles. The number of carbonyl (C=O) groups excluding carboxylic acids is 1. The molecule has 0 spiro atoms. The molecule has 4 heteroatoms. The van der Waals surface area contributed by atoms with Crippen molar-refractivity contribution < 1.29 is 9.53 Å². The zero-order chi connectivity index (χ0) is 10.4. The van der Waals surface area contributed by atoms with Crippen LogP contribution in [0, 0.1) is 0 Å². The number of carbonyl (C=O) groups is 1. The van der Waals surface area contributed by atoms with Gasteiger partial charge in [0.2, 0.25) is 0 Å². The molecule has 82 valence electrons. The van der Waals surface area contributed by atoms with Crippen LogP contribution in [0.3, 0.4) is 0 Å². The number of likely N-dealkylation sites (N-methyl/N-ethyl adjacent to an activating group) is 1. The zero-order valence-corrected chi connectivity index (χ0v) is 9.08. The molecule has 1 aliphatic rings. The van der Waals surface area contributed by atoms with Crippen LogP contribution in [0.1, 0.15) is 19.8 Å². The highest BCUT2D eigenvalue weighted by Gasteiger charge is 2.18. The topological polar surface area (TPSA) is 41.6 Å². The van der Waals surface area contributed by atoms with E-state index in [0.29, 0.717) is 12.6 Å². The van der Waals surface area contributed by atoms with Crippen molar-refractivity contribution in [2.24, 2.45) is 0 Å². The van der Waals surface area contributed by atoms with Gasteiger partial charge in [-0.05, 0) is 25.9 Å². The van der Waals surface area contributed by atoms with Crippen LogP contribution in [0.2, 0.25) is 0 Å². The molecule has 1 rings (SSSR count). The number of nitrogens with zero attached hydrogens (tertiary/aromatic N) is 1. The van der Waals surface area contributed by atoms with E-state index in [2.05, 4.69) is 21.9 Å². The van der Waals surface area contributed by atoms with Crippen LogP contribution in [0.15, 0.2) is 0 Å². The van der Waals surface area contributed by atoms with Gasteiger partial charge in [0.05, 0.1) is 13.7 Å².